The zero-order valence-electron chi connectivity index (χ0n) is 14.4. The van der Waals surface area contributed by atoms with Gasteiger partial charge in [-0.2, -0.15) is 0 Å². The lowest BCUT2D eigenvalue weighted by Gasteiger charge is -2.23. The molecule has 0 unspecified atom stereocenters. The van der Waals surface area contributed by atoms with Crippen LogP contribution in [0.5, 0.6) is 0 Å². The molecule has 1 aliphatic heterocycles. The highest BCUT2D eigenvalue weighted by Crippen LogP contribution is 2.35. The fourth-order valence-electron chi connectivity index (χ4n) is 2.89. The van der Waals surface area contributed by atoms with Crippen molar-refractivity contribution in [1.82, 2.24) is 10.2 Å². The highest BCUT2D eigenvalue weighted by Gasteiger charge is 2.50. The number of carbonyl (C=O) groups is 3. The predicted molar refractivity (Wildman–Crippen MR) is 109 cm³/mol. The molecule has 0 aromatic heterocycles. The van der Waals surface area contributed by atoms with E-state index in [-0.39, 0.29) is 5.02 Å². The summed E-state index contributed by atoms with van der Waals surface area (Å²) in [6, 6.07) is 8.38. The molecule has 1 atom stereocenters. The van der Waals surface area contributed by atoms with Gasteiger partial charge in [-0.15, -0.1) is 0 Å². The van der Waals surface area contributed by atoms with E-state index in [4.69, 9.17) is 46.4 Å². The molecule has 2 N–H and O–H groups in total. The molecule has 146 valence electrons. The summed E-state index contributed by atoms with van der Waals surface area (Å²) >= 11 is 23.9. The molecule has 0 spiro atoms. The summed E-state index contributed by atoms with van der Waals surface area (Å²) in [5.41, 5.74) is -0.696. The molecule has 3 rings (SSSR count). The molecule has 1 aliphatic rings. The fourth-order valence-corrected chi connectivity index (χ4v) is 4.01. The fraction of sp³-hybridized carbons (Fsp3) is 0.167. The van der Waals surface area contributed by atoms with E-state index in [9.17, 15) is 14.4 Å². The highest BCUT2D eigenvalue weighted by molar-refractivity contribution is 6.36. The topological polar surface area (TPSA) is 78.5 Å². The van der Waals surface area contributed by atoms with Gasteiger partial charge in [0.05, 0.1) is 0 Å². The molecule has 0 radical (unpaired) electrons. The van der Waals surface area contributed by atoms with Gasteiger partial charge in [0, 0.05) is 31.3 Å². The van der Waals surface area contributed by atoms with Crippen LogP contribution in [0.15, 0.2) is 36.4 Å². The van der Waals surface area contributed by atoms with Gasteiger partial charge in [-0.05, 0) is 37.3 Å². The Balaban J connectivity index is 1.79. The van der Waals surface area contributed by atoms with Crippen LogP contribution in [0.4, 0.5) is 10.5 Å². The summed E-state index contributed by atoms with van der Waals surface area (Å²) < 4.78 is 0. The summed E-state index contributed by atoms with van der Waals surface area (Å²) in [4.78, 5) is 38.4. The average Bonchev–Trinajstić information content (AvgIpc) is 2.77. The summed E-state index contributed by atoms with van der Waals surface area (Å²) in [5, 5.41) is 6.43. The molecule has 1 saturated heterocycles. The lowest BCUT2D eigenvalue weighted by Crippen LogP contribution is -2.42. The predicted octanol–water partition coefficient (Wildman–Crippen LogP) is 4.71. The van der Waals surface area contributed by atoms with Gasteiger partial charge < -0.3 is 10.6 Å². The van der Waals surface area contributed by atoms with Crippen molar-refractivity contribution in [3.63, 3.8) is 0 Å². The number of benzene rings is 2. The van der Waals surface area contributed by atoms with Crippen molar-refractivity contribution in [2.45, 2.75) is 12.5 Å². The number of hydrogen-bond donors (Lipinski definition) is 2. The molecule has 2 aromatic rings. The van der Waals surface area contributed by atoms with Crippen molar-refractivity contribution >= 4 is 69.9 Å². The number of nitrogens with one attached hydrogen (secondary N) is 2. The van der Waals surface area contributed by atoms with E-state index < -0.39 is 29.9 Å². The average molecular weight is 461 g/mol. The van der Waals surface area contributed by atoms with Gasteiger partial charge in [-0.1, -0.05) is 52.5 Å². The molecule has 2 aromatic carbocycles. The second-order valence-corrected chi connectivity index (χ2v) is 7.99. The minimum atomic E-state index is -1.42. The third-order valence-electron chi connectivity index (χ3n) is 4.19. The Labute approximate surface area is 180 Å². The molecule has 0 bridgehead atoms. The van der Waals surface area contributed by atoms with Crippen molar-refractivity contribution in [1.29, 1.82) is 0 Å². The standard InChI is InChI=1S/C18H13Cl4N3O3/c1-18(13-3-2-9(19)7-14(13)22)16(27)25(17(28)24-18)8-15(26)23-12-5-10(20)4-11(21)6-12/h2-7H,8H2,1H3,(H,23,26)(H,24,28)/t18-/m0/s1. The third kappa shape index (κ3) is 4.05. The van der Waals surface area contributed by atoms with Gasteiger partial charge in [0.25, 0.3) is 5.91 Å². The number of imide groups is 1. The maximum Gasteiger partial charge on any atom is 0.325 e. The smallest absolute Gasteiger partial charge is 0.324 e. The van der Waals surface area contributed by atoms with Gasteiger partial charge in [-0.25, -0.2) is 4.79 Å². The number of carbonyl (C=O) groups excluding carboxylic acids is 3. The van der Waals surface area contributed by atoms with E-state index in [1.807, 2.05) is 0 Å². The Morgan fingerprint density at radius 2 is 1.68 bits per heavy atom. The van der Waals surface area contributed by atoms with Crippen LogP contribution in [-0.2, 0) is 15.1 Å². The maximum absolute atomic E-state index is 12.9. The van der Waals surface area contributed by atoms with E-state index in [0.29, 0.717) is 26.3 Å². The summed E-state index contributed by atoms with van der Waals surface area (Å²) in [6.07, 6.45) is 0. The highest BCUT2D eigenvalue weighted by atomic mass is 35.5. The van der Waals surface area contributed by atoms with Gasteiger partial charge in [0.15, 0.2) is 0 Å². The zero-order chi connectivity index (χ0) is 20.6. The number of urea groups is 1. The lowest BCUT2D eigenvalue weighted by molar-refractivity contribution is -0.133. The monoisotopic (exact) mass is 459 g/mol. The first-order valence-electron chi connectivity index (χ1n) is 7.96. The van der Waals surface area contributed by atoms with Crippen LogP contribution in [0, 0.1) is 0 Å². The van der Waals surface area contributed by atoms with Crippen LogP contribution in [0.25, 0.3) is 0 Å². The van der Waals surface area contributed by atoms with E-state index in [1.165, 1.54) is 31.2 Å². The first kappa shape index (κ1) is 20.7. The Hall–Kier alpha value is -1.99. The van der Waals surface area contributed by atoms with E-state index in [0.717, 1.165) is 4.90 Å². The summed E-state index contributed by atoms with van der Waals surface area (Å²) in [6.45, 7) is 1.02. The molecule has 6 nitrogen and oxygen atoms in total. The first-order valence-corrected chi connectivity index (χ1v) is 9.47. The maximum atomic E-state index is 12.9. The summed E-state index contributed by atoms with van der Waals surface area (Å²) in [5.74, 6) is -1.20. The Morgan fingerprint density at radius 1 is 1.04 bits per heavy atom. The van der Waals surface area contributed by atoms with Crippen molar-refractivity contribution in [2.24, 2.45) is 0 Å². The van der Waals surface area contributed by atoms with Crippen LogP contribution < -0.4 is 10.6 Å². The molecule has 10 heteroatoms. The van der Waals surface area contributed by atoms with E-state index >= 15 is 0 Å². The zero-order valence-corrected chi connectivity index (χ0v) is 17.4. The molecule has 0 aliphatic carbocycles. The largest absolute Gasteiger partial charge is 0.325 e. The minimum Gasteiger partial charge on any atom is -0.324 e. The van der Waals surface area contributed by atoms with Crippen molar-refractivity contribution in [3.8, 4) is 0 Å². The molecular weight excluding hydrogens is 448 g/mol. The number of amides is 4. The number of rotatable bonds is 4. The lowest BCUT2D eigenvalue weighted by atomic mass is 9.92. The number of anilines is 1. The molecule has 0 saturated carbocycles. The Bertz CT molecular complexity index is 978. The minimum absolute atomic E-state index is 0.225. The second-order valence-electron chi connectivity index (χ2n) is 6.28. The van der Waals surface area contributed by atoms with E-state index in [2.05, 4.69) is 10.6 Å². The Morgan fingerprint density at radius 3 is 2.29 bits per heavy atom. The normalized spacial score (nSPS) is 19.0. The van der Waals surface area contributed by atoms with Gasteiger partial charge >= 0.3 is 6.03 Å². The van der Waals surface area contributed by atoms with Gasteiger partial charge in [-0.3, -0.25) is 14.5 Å². The third-order valence-corrected chi connectivity index (χ3v) is 5.18. The van der Waals surface area contributed by atoms with Crippen molar-refractivity contribution < 1.29 is 14.4 Å². The number of nitrogens with zero attached hydrogens (tertiary/aromatic N) is 1. The van der Waals surface area contributed by atoms with Crippen LogP contribution in [0.1, 0.15) is 12.5 Å². The number of hydrogen-bond acceptors (Lipinski definition) is 3. The van der Waals surface area contributed by atoms with Gasteiger partial charge in [0.2, 0.25) is 5.91 Å². The first-order chi connectivity index (χ1) is 13.1. The molecule has 28 heavy (non-hydrogen) atoms. The van der Waals surface area contributed by atoms with Crippen LogP contribution in [0.2, 0.25) is 20.1 Å². The molecular formula is C18H13Cl4N3O3. The quantitative estimate of drug-likeness (QED) is 0.648. The number of halogens is 4. The summed E-state index contributed by atoms with van der Waals surface area (Å²) in [7, 11) is 0. The van der Waals surface area contributed by atoms with E-state index in [1.54, 1.807) is 12.1 Å². The molecule has 4 amide bonds. The van der Waals surface area contributed by atoms with Crippen molar-refractivity contribution in [2.75, 3.05) is 11.9 Å². The van der Waals surface area contributed by atoms with Crippen LogP contribution in [-0.4, -0.2) is 29.3 Å². The van der Waals surface area contributed by atoms with Crippen LogP contribution in [0.3, 0.4) is 0 Å². The SMILES string of the molecule is C[C@@]1(c2ccc(Cl)cc2Cl)NC(=O)N(CC(=O)Nc2cc(Cl)cc(Cl)c2)C1=O. The Kier molecular flexibility index (Phi) is 5.77. The second kappa shape index (κ2) is 7.79. The molecule has 1 fully saturated rings. The molecule has 1 heterocycles. The van der Waals surface area contributed by atoms with Crippen molar-refractivity contribution in [3.05, 3.63) is 62.1 Å². The van der Waals surface area contributed by atoms with Crippen LogP contribution >= 0.6 is 46.4 Å². The van der Waals surface area contributed by atoms with Gasteiger partial charge in [0.1, 0.15) is 12.1 Å².